The van der Waals surface area contributed by atoms with E-state index in [0.29, 0.717) is 24.3 Å². The maximum absolute atomic E-state index is 13.6. The Bertz CT molecular complexity index is 372. The predicted octanol–water partition coefficient (Wildman–Crippen LogP) is 3.08. The van der Waals surface area contributed by atoms with Gasteiger partial charge in [-0.3, -0.25) is 0 Å². The van der Waals surface area contributed by atoms with Crippen LogP contribution in [0, 0.1) is 5.82 Å². The van der Waals surface area contributed by atoms with Crippen LogP contribution in [0.2, 0.25) is 0 Å². The molecular weight excluding hydrogens is 217 g/mol. The molecular formula is C14H20FNO. The molecule has 0 radical (unpaired) electrons. The summed E-state index contributed by atoms with van der Waals surface area (Å²) in [6, 6.07) is 5.50. The van der Waals surface area contributed by atoms with Crippen molar-refractivity contribution in [1.82, 2.24) is 5.32 Å². The third kappa shape index (κ3) is 3.19. The van der Waals surface area contributed by atoms with E-state index in [0.717, 1.165) is 18.5 Å². The number of halogens is 1. The largest absolute Gasteiger partial charge is 0.489 e. The smallest absolute Gasteiger partial charge is 0.165 e. The van der Waals surface area contributed by atoms with Crippen LogP contribution in [0.3, 0.4) is 0 Å². The first-order chi connectivity index (χ1) is 8.16. The lowest BCUT2D eigenvalue weighted by molar-refractivity contribution is 0.265. The molecule has 0 spiro atoms. The zero-order valence-corrected chi connectivity index (χ0v) is 10.5. The highest BCUT2D eigenvalue weighted by atomic mass is 19.1. The fourth-order valence-corrected chi connectivity index (χ4v) is 2.08. The second-order valence-corrected chi connectivity index (χ2v) is 4.95. The monoisotopic (exact) mass is 237 g/mol. The van der Waals surface area contributed by atoms with Gasteiger partial charge in [-0.2, -0.15) is 0 Å². The van der Waals surface area contributed by atoms with Crippen LogP contribution in [0.5, 0.6) is 5.75 Å². The first kappa shape index (κ1) is 12.4. The Morgan fingerprint density at radius 1 is 1.47 bits per heavy atom. The quantitative estimate of drug-likeness (QED) is 0.869. The van der Waals surface area contributed by atoms with Crippen LogP contribution < -0.4 is 10.1 Å². The van der Waals surface area contributed by atoms with Crippen molar-refractivity contribution < 1.29 is 9.13 Å². The number of hydrogen-bond acceptors (Lipinski definition) is 2. The Morgan fingerprint density at radius 2 is 2.29 bits per heavy atom. The van der Waals surface area contributed by atoms with E-state index in [1.54, 1.807) is 0 Å². The summed E-state index contributed by atoms with van der Waals surface area (Å²) < 4.78 is 19.1. The van der Waals surface area contributed by atoms with Gasteiger partial charge in [0.15, 0.2) is 11.6 Å². The number of nitrogens with one attached hydrogen (secondary N) is 1. The van der Waals surface area contributed by atoms with Crippen LogP contribution in [0.4, 0.5) is 4.39 Å². The lowest BCUT2D eigenvalue weighted by Gasteiger charge is -2.14. The van der Waals surface area contributed by atoms with Crippen LogP contribution in [-0.4, -0.2) is 19.2 Å². The van der Waals surface area contributed by atoms with Crippen LogP contribution >= 0.6 is 0 Å². The molecule has 0 amide bonds. The Kier molecular flexibility index (Phi) is 4.00. The fourth-order valence-electron chi connectivity index (χ4n) is 2.08. The lowest BCUT2D eigenvalue weighted by atomic mass is 10.0. The summed E-state index contributed by atoms with van der Waals surface area (Å²) in [6.07, 6.45) is 2.30. The van der Waals surface area contributed by atoms with Crippen molar-refractivity contribution in [2.75, 3.05) is 13.2 Å². The molecule has 94 valence electrons. The molecule has 1 N–H and O–H groups in total. The van der Waals surface area contributed by atoms with Crippen molar-refractivity contribution >= 4 is 0 Å². The van der Waals surface area contributed by atoms with E-state index in [9.17, 15) is 4.39 Å². The average molecular weight is 237 g/mol. The first-order valence-corrected chi connectivity index (χ1v) is 6.32. The molecule has 17 heavy (non-hydrogen) atoms. The van der Waals surface area contributed by atoms with Crippen molar-refractivity contribution in [3.63, 3.8) is 0 Å². The van der Waals surface area contributed by atoms with Gasteiger partial charge in [0.2, 0.25) is 0 Å². The summed E-state index contributed by atoms with van der Waals surface area (Å²) >= 11 is 0. The topological polar surface area (TPSA) is 21.3 Å². The summed E-state index contributed by atoms with van der Waals surface area (Å²) in [7, 11) is 0. The molecule has 0 unspecified atom stereocenters. The van der Waals surface area contributed by atoms with E-state index >= 15 is 0 Å². The summed E-state index contributed by atoms with van der Waals surface area (Å²) in [5.74, 6) is 0.500. The third-order valence-electron chi connectivity index (χ3n) is 3.22. The molecule has 0 aromatic heterocycles. The van der Waals surface area contributed by atoms with Gasteiger partial charge in [0.05, 0.1) is 0 Å². The molecule has 0 bridgehead atoms. The molecule has 1 saturated heterocycles. The Labute approximate surface area is 102 Å². The van der Waals surface area contributed by atoms with E-state index in [2.05, 4.69) is 19.2 Å². The number of rotatable bonds is 4. The summed E-state index contributed by atoms with van der Waals surface area (Å²) in [5, 5.41) is 3.34. The molecule has 1 aliphatic rings. The summed E-state index contributed by atoms with van der Waals surface area (Å²) in [5.41, 5.74) is 1.11. The van der Waals surface area contributed by atoms with Crippen LogP contribution in [-0.2, 0) is 0 Å². The molecule has 1 aliphatic heterocycles. The highest BCUT2D eigenvalue weighted by molar-refractivity contribution is 5.32. The first-order valence-electron chi connectivity index (χ1n) is 6.32. The van der Waals surface area contributed by atoms with Crippen LogP contribution in [0.25, 0.3) is 0 Å². The fraction of sp³-hybridized carbons (Fsp3) is 0.571. The Morgan fingerprint density at radius 3 is 2.94 bits per heavy atom. The highest BCUT2D eigenvalue weighted by Gasteiger charge is 2.15. The Hall–Kier alpha value is -1.09. The van der Waals surface area contributed by atoms with Crippen molar-refractivity contribution in [2.24, 2.45) is 0 Å². The summed E-state index contributed by atoms with van der Waals surface area (Å²) in [4.78, 5) is 0. The van der Waals surface area contributed by atoms with Crippen LogP contribution in [0.15, 0.2) is 18.2 Å². The molecule has 2 nitrogen and oxygen atoms in total. The number of benzene rings is 1. The van der Waals surface area contributed by atoms with Gasteiger partial charge >= 0.3 is 0 Å². The van der Waals surface area contributed by atoms with Gasteiger partial charge in [-0.05, 0) is 43.0 Å². The van der Waals surface area contributed by atoms with E-state index in [4.69, 9.17) is 4.74 Å². The molecule has 1 heterocycles. The highest BCUT2D eigenvalue weighted by Crippen LogP contribution is 2.24. The minimum atomic E-state index is -0.271. The third-order valence-corrected chi connectivity index (χ3v) is 3.22. The molecule has 2 rings (SSSR count). The lowest BCUT2D eigenvalue weighted by Crippen LogP contribution is -2.28. The minimum Gasteiger partial charge on any atom is -0.489 e. The number of hydrogen-bond donors (Lipinski definition) is 1. The van der Waals surface area contributed by atoms with Crippen molar-refractivity contribution in [3.05, 3.63) is 29.6 Å². The van der Waals surface area contributed by atoms with Gasteiger partial charge in [-0.15, -0.1) is 0 Å². The average Bonchev–Trinajstić information content (AvgIpc) is 2.80. The van der Waals surface area contributed by atoms with Gasteiger partial charge < -0.3 is 10.1 Å². The second kappa shape index (κ2) is 5.50. The zero-order valence-electron chi connectivity index (χ0n) is 10.5. The zero-order chi connectivity index (χ0) is 12.3. The maximum atomic E-state index is 13.6. The molecule has 3 heteroatoms. The maximum Gasteiger partial charge on any atom is 0.165 e. The predicted molar refractivity (Wildman–Crippen MR) is 67.0 cm³/mol. The van der Waals surface area contributed by atoms with E-state index in [1.165, 1.54) is 12.5 Å². The molecule has 1 fully saturated rings. The molecule has 1 atom stereocenters. The van der Waals surface area contributed by atoms with Gasteiger partial charge in [0.25, 0.3) is 0 Å². The SMILES string of the molecule is CC(C)c1ccc(F)c(OC[C@H]2CCCN2)c1. The molecule has 0 saturated carbocycles. The van der Waals surface area contributed by atoms with E-state index < -0.39 is 0 Å². The molecule has 1 aromatic carbocycles. The standard InChI is InChI=1S/C14H20FNO/c1-10(2)11-5-6-13(15)14(8-11)17-9-12-4-3-7-16-12/h5-6,8,10,12,16H,3-4,7,9H2,1-2H3/t12-/m1/s1. The second-order valence-electron chi connectivity index (χ2n) is 4.95. The van der Waals surface area contributed by atoms with Gasteiger partial charge in [-0.25, -0.2) is 4.39 Å². The van der Waals surface area contributed by atoms with Crippen molar-refractivity contribution in [2.45, 2.75) is 38.6 Å². The van der Waals surface area contributed by atoms with Crippen molar-refractivity contribution in [3.8, 4) is 5.75 Å². The van der Waals surface area contributed by atoms with Crippen molar-refractivity contribution in [1.29, 1.82) is 0 Å². The van der Waals surface area contributed by atoms with E-state index in [1.807, 2.05) is 12.1 Å². The molecule has 0 aliphatic carbocycles. The number of ether oxygens (including phenoxy) is 1. The normalized spacial score (nSPS) is 19.9. The van der Waals surface area contributed by atoms with Gasteiger partial charge in [0.1, 0.15) is 6.61 Å². The van der Waals surface area contributed by atoms with Gasteiger partial charge in [0, 0.05) is 6.04 Å². The van der Waals surface area contributed by atoms with Gasteiger partial charge in [-0.1, -0.05) is 19.9 Å². The Balaban J connectivity index is 2.00. The van der Waals surface area contributed by atoms with E-state index in [-0.39, 0.29) is 5.82 Å². The minimum absolute atomic E-state index is 0.271. The summed E-state index contributed by atoms with van der Waals surface area (Å²) in [6.45, 7) is 5.78. The molecule has 1 aromatic rings. The van der Waals surface area contributed by atoms with Crippen LogP contribution in [0.1, 0.15) is 38.2 Å².